The molecule has 16 aromatic rings. The topological polar surface area (TPSA) is 48.5 Å². The van der Waals surface area contributed by atoms with Gasteiger partial charge < -0.3 is 9.13 Å². The molecule has 13 aromatic carbocycles. The van der Waals surface area contributed by atoms with Crippen molar-refractivity contribution in [3.05, 3.63) is 301 Å². The average Bonchev–Trinajstić information content (AvgIpc) is 1.53. The van der Waals surface area contributed by atoms with Gasteiger partial charge in [0, 0.05) is 49.6 Å². The number of rotatable bonds is 9. The van der Waals surface area contributed by atoms with Crippen molar-refractivity contribution in [1.82, 2.24) is 24.1 Å². The monoisotopic (exact) mass is 1330 g/mol. The van der Waals surface area contributed by atoms with Crippen LogP contribution in [0.4, 0.5) is 0 Å². The lowest BCUT2D eigenvalue weighted by molar-refractivity contribution is 0.568. The first-order valence-corrected chi connectivity index (χ1v) is 36.5. The van der Waals surface area contributed by atoms with Crippen molar-refractivity contribution in [2.24, 2.45) is 0 Å². The van der Waals surface area contributed by atoms with Crippen molar-refractivity contribution in [3.63, 3.8) is 0 Å². The van der Waals surface area contributed by atoms with Crippen LogP contribution in [-0.4, -0.2) is 30.8 Å². The van der Waals surface area contributed by atoms with Gasteiger partial charge in [-0.3, -0.25) is 0 Å². The Kier molecular flexibility index (Phi) is 14.6. The van der Waals surface area contributed by atoms with Crippen LogP contribution in [-0.2, 0) is 21.7 Å². The Bertz CT molecular complexity index is 5670. The molecule has 2 aliphatic rings. The molecule has 0 spiro atoms. The molecule has 5 nitrogen and oxygen atoms in total. The lowest BCUT2D eigenvalue weighted by atomic mass is 9.34. The van der Waals surface area contributed by atoms with E-state index in [1.807, 2.05) is 0 Å². The van der Waals surface area contributed by atoms with Gasteiger partial charge in [0.1, 0.15) is 0 Å². The summed E-state index contributed by atoms with van der Waals surface area (Å²) in [5, 5.41) is 4.87. The smallest absolute Gasteiger partial charge is 0.252 e. The summed E-state index contributed by atoms with van der Waals surface area (Å²) < 4.78 is 5.32. The van der Waals surface area contributed by atoms with Crippen LogP contribution in [0.15, 0.2) is 279 Å². The minimum absolute atomic E-state index is 0.167. The molecule has 0 radical (unpaired) electrons. The number of fused-ring (bicyclic) bond motifs is 10. The van der Waals surface area contributed by atoms with Crippen molar-refractivity contribution in [3.8, 4) is 112 Å². The molecule has 18 rings (SSSR count). The standard InChI is InChI=1S/C97H82BN5/c1-94(2,3)70-47-67(48-71(57-70)95(4,5)6)91-99-92(68-49-72(96(7,8)9)58-73(50-68)97(10,11)12)101-93(100-91)69-55-82-88-83(56-69)103-81-54-66(60-33-21-14-22-34-60)52-77(64-41-29-18-30-42-64)85(81)87-75(62-37-25-16-26-38-62)44-46-79(90(87)103)98(88)78-45-43-74(61-35-23-15-24-36-61)86-84-76(63-39-27-17-28-40-63)51-65(59-31-19-13-20-32-59)53-80(84)102(82)89(78)86/h13-58H,1-12H3. The zero-order chi connectivity index (χ0) is 70.6. The Morgan fingerprint density at radius 1 is 0.243 bits per heavy atom. The summed E-state index contributed by atoms with van der Waals surface area (Å²) in [6.07, 6.45) is 0. The highest BCUT2D eigenvalue weighted by Crippen LogP contribution is 2.51. The SMILES string of the molecule is CC(C)(C)c1cc(-c2nc(-c3cc(C(C)(C)C)cc(C(C)(C)C)c3)nc(-c3cc4c5c(c3)-n3c6cc(-c7ccccc7)cc(-c7ccccc7)c6c6c(-c7ccccc7)ccc(c63)B5c3ccc(-c5ccccc5)c5c6c(-c7ccccc7)cc(-c7ccccc7)cc6n-4c35)n2)cc(C(C)(C)C)c1. The van der Waals surface area contributed by atoms with Gasteiger partial charge in [0.05, 0.1) is 22.1 Å². The summed E-state index contributed by atoms with van der Waals surface area (Å²) in [6, 6.07) is 105. The molecule has 0 bridgehead atoms. The average molecular weight is 1330 g/mol. The highest BCUT2D eigenvalue weighted by molar-refractivity contribution is 7.00. The van der Waals surface area contributed by atoms with E-state index in [2.05, 4.69) is 371 Å². The van der Waals surface area contributed by atoms with Gasteiger partial charge in [-0.05, 0) is 188 Å². The molecular weight excluding hydrogens is 1250 g/mol. The maximum absolute atomic E-state index is 5.92. The molecule has 103 heavy (non-hydrogen) atoms. The van der Waals surface area contributed by atoms with Crippen LogP contribution in [0.1, 0.15) is 105 Å². The van der Waals surface area contributed by atoms with E-state index in [4.69, 9.17) is 15.0 Å². The lowest BCUT2D eigenvalue weighted by Crippen LogP contribution is -2.59. The maximum Gasteiger partial charge on any atom is 0.252 e. The molecule has 0 atom stereocenters. The van der Waals surface area contributed by atoms with Gasteiger partial charge in [0.2, 0.25) is 0 Å². The van der Waals surface area contributed by atoms with Crippen LogP contribution < -0.4 is 16.4 Å². The first-order valence-electron chi connectivity index (χ1n) is 36.5. The molecule has 0 saturated carbocycles. The molecule has 0 fully saturated rings. The second-order valence-electron chi connectivity index (χ2n) is 32.8. The number of nitrogens with zero attached hydrogens (tertiary/aromatic N) is 5. The van der Waals surface area contributed by atoms with Crippen LogP contribution in [0.25, 0.3) is 156 Å². The van der Waals surface area contributed by atoms with Gasteiger partial charge in [-0.15, -0.1) is 0 Å². The molecule has 0 N–H and O–H groups in total. The van der Waals surface area contributed by atoms with Crippen molar-refractivity contribution in [1.29, 1.82) is 0 Å². The maximum atomic E-state index is 5.92. The minimum atomic E-state index is -0.216. The second kappa shape index (κ2) is 23.6. The Balaban J connectivity index is 1.06. The van der Waals surface area contributed by atoms with E-state index in [0.29, 0.717) is 17.5 Å². The number of hydrogen-bond donors (Lipinski definition) is 0. The van der Waals surface area contributed by atoms with E-state index >= 15 is 0 Å². The second-order valence-corrected chi connectivity index (χ2v) is 32.8. The molecule has 2 aliphatic heterocycles. The lowest BCUT2D eigenvalue weighted by Gasteiger charge is -2.34. The molecule has 0 amide bonds. The van der Waals surface area contributed by atoms with E-state index in [1.165, 1.54) is 105 Å². The third-order valence-electron chi connectivity index (χ3n) is 21.9. The van der Waals surface area contributed by atoms with E-state index in [0.717, 1.165) is 72.5 Å². The predicted octanol–water partition coefficient (Wildman–Crippen LogP) is 23.4. The third-order valence-corrected chi connectivity index (χ3v) is 21.9. The molecule has 0 aliphatic carbocycles. The quantitative estimate of drug-likeness (QED) is 0.135. The number of hydrogen-bond acceptors (Lipinski definition) is 3. The molecule has 0 unspecified atom stereocenters. The van der Waals surface area contributed by atoms with Gasteiger partial charge in [-0.25, -0.2) is 15.0 Å². The van der Waals surface area contributed by atoms with Crippen LogP contribution in [0, 0.1) is 0 Å². The fraction of sp³-hybridized carbons (Fsp3) is 0.165. The van der Waals surface area contributed by atoms with Crippen LogP contribution >= 0.6 is 0 Å². The van der Waals surface area contributed by atoms with Crippen molar-refractivity contribution >= 4 is 66.7 Å². The van der Waals surface area contributed by atoms with Gasteiger partial charge in [-0.1, -0.05) is 301 Å². The molecular formula is C97H82BN5. The van der Waals surface area contributed by atoms with Crippen LogP contribution in [0.2, 0.25) is 0 Å². The molecule has 0 saturated heterocycles. The predicted molar refractivity (Wildman–Crippen MR) is 437 cm³/mol. The zero-order valence-corrected chi connectivity index (χ0v) is 60.9. The largest absolute Gasteiger partial charge is 0.310 e. The van der Waals surface area contributed by atoms with Crippen molar-refractivity contribution in [2.45, 2.75) is 105 Å². The number of aromatic nitrogens is 5. The Morgan fingerprint density at radius 2 is 0.524 bits per heavy atom. The van der Waals surface area contributed by atoms with Gasteiger partial charge in [0.25, 0.3) is 6.71 Å². The first kappa shape index (κ1) is 63.7. The minimum Gasteiger partial charge on any atom is -0.310 e. The Morgan fingerprint density at radius 3 is 0.825 bits per heavy atom. The van der Waals surface area contributed by atoms with Crippen molar-refractivity contribution in [2.75, 3.05) is 0 Å². The summed E-state index contributed by atoms with van der Waals surface area (Å²) in [7, 11) is 0. The molecule has 3 aromatic heterocycles. The van der Waals surface area contributed by atoms with Crippen LogP contribution in [0.5, 0.6) is 0 Å². The van der Waals surface area contributed by atoms with E-state index in [1.54, 1.807) is 0 Å². The number of benzene rings is 13. The molecule has 6 heteroatoms. The fourth-order valence-electron chi connectivity index (χ4n) is 16.4. The Labute approximate surface area is 605 Å². The highest BCUT2D eigenvalue weighted by atomic mass is 15.1. The van der Waals surface area contributed by atoms with Gasteiger partial charge >= 0.3 is 0 Å². The Hall–Kier alpha value is -11.5. The zero-order valence-electron chi connectivity index (χ0n) is 60.9. The summed E-state index contributed by atoms with van der Waals surface area (Å²) in [5.41, 5.74) is 31.7. The van der Waals surface area contributed by atoms with E-state index in [-0.39, 0.29) is 28.4 Å². The molecule has 498 valence electrons. The van der Waals surface area contributed by atoms with Crippen LogP contribution in [0.3, 0.4) is 0 Å². The van der Waals surface area contributed by atoms with Gasteiger partial charge in [0.15, 0.2) is 17.5 Å². The van der Waals surface area contributed by atoms with Gasteiger partial charge in [-0.2, -0.15) is 0 Å². The summed E-state index contributed by atoms with van der Waals surface area (Å²) in [4.78, 5) is 17.6. The summed E-state index contributed by atoms with van der Waals surface area (Å²) >= 11 is 0. The summed E-state index contributed by atoms with van der Waals surface area (Å²) in [6.45, 7) is 27.5. The fourth-order valence-corrected chi connectivity index (χ4v) is 16.4. The normalized spacial score (nSPS) is 12.8. The first-order chi connectivity index (χ1) is 49.6. The van der Waals surface area contributed by atoms with Crippen molar-refractivity contribution < 1.29 is 0 Å². The summed E-state index contributed by atoms with van der Waals surface area (Å²) in [5.74, 6) is 1.88. The third kappa shape index (κ3) is 10.6. The van der Waals surface area contributed by atoms with E-state index in [9.17, 15) is 0 Å². The van der Waals surface area contributed by atoms with E-state index < -0.39 is 0 Å². The molecule has 5 heterocycles. The highest BCUT2D eigenvalue weighted by Gasteiger charge is 2.43.